The average molecular weight is 325 g/mol. The van der Waals surface area contributed by atoms with Crippen molar-refractivity contribution >= 4 is 0 Å². The van der Waals surface area contributed by atoms with Gasteiger partial charge >= 0.3 is 0 Å². The van der Waals surface area contributed by atoms with Gasteiger partial charge < -0.3 is 0 Å². The van der Waals surface area contributed by atoms with Crippen molar-refractivity contribution in [2.75, 3.05) is 0 Å². The maximum atomic E-state index is 4.66. The Bertz CT molecular complexity index is 926. The second kappa shape index (κ2) is 6.57. The van der Waals surface area contributed by atoms with Gasteiger partial charge in [0.1, 0.15) is 0 Å². The van der Waals surface area contributed by atoms with Crippen molar-refractivity contribution in [3.05, 3.63) is 78.9 Å². The summed E-state index contributed by atoms with van der Waals surface area (Å²) < 4.78 is 0. The number of nitrogens with zero attached hydrogens (tertiary/aromatic N) is 5. The Balaban J connectivity index is 1.90. The molecule has 0 bridgehead atoms. The quantitative estimate of drug-likeness (QED) is 0.570. The fraction of sp³-hybridized carbons (Fsp3) is 0.0500. The molecule has 0 spiro atoms. The third-order valence-corrected chi connectivity index (χ3v) is 3.80. The maximum absolute atomic E-state index is 4.66. The predicted molar refractivity (Wildman–Crippen MR) is 96.5 cm³/mol. The van der Waals surface area contributed by atoms with Crippen molar-refractivity contribution in [1.29, 1.82) is 0 Å². The van der Waals surface area contributed by atoms with Crippen LogP contribution in [0.5, 0.6) is 0 Å². The van der Waals surface area contributed by atoms with Crippen LogP contribution in [0, 0.1) is 6.92 Å². The summed E-state index contributed by atoms with van der Waals surface area (Å²) in [6.45, 7) is 2.06. The summed E-state index contributed by atoms with van der Waals surface area (Å²) in [4.78, 5) is 22.2. The molecule has 25 heavy (non-hydrogen) atoms. The van der Waals surface area contributed by atoms with Gasteiger partial charge in [-0.2, -0.15) is 0 Å². The van der Waals surface area contributed by atoms with Crippen LogP contribution < -0.4 is 0 Å². The molecule has 5 heteroatoms. The molecule has 5 nitrogen and oxygen atoms in total. The van der Waals surface area contributed by atoms with E-state index in [-0.39, 0.29) is 0 Å². The van der Waals surface area contributed by atoms with Crippen molar-refractivity contribution in [2.24, 2.45) is 0 Å². The number of aryl methyl sites for hydroxylation is 1. The van der Waals surface area contributed by atoms with Crippen LogP contribution in [0.3, 0.4) is 0 Å². The lowest BCUT2D eigenvalue weighted by Crippen LogP contribution is -2.00. The van der Waals surface area contributed by atoms with Crippen LogP contribution >= 0.6 is 0 Å². The molecule has 0 saturated heterocycles. The molecule has 0 radical (unpaired) electrons. The molecule has 0 unspecified atom stereocenters. The number of hydrogen-bond acceptors (Lipinski definition) is 5. The Morgan fingerprint density at radius 3 is 1.76 bits per heavy atom. The van der Waals surface area contributed by atoms with Gasteiger partial charge in [0.05, 0.1) is 0 Å². The minimum Gasteiger partial charge on any atom is -0.265 e. The number of benzene rings is 1. The lowest BCUT2D eigenvalue weighted by atomic mass is 10.1. The van der Waals surface area contributed by atoms with E-state index in [1.165, 1.54) is 5.56 Å². The first kappa shape index (κ1) is 15.1. The molecule has 4 rings (SSSR count). The molecule has 0 aliphatic rings. The molecule has 3 heterocycles. The first-order valence-corrected chi connectivity index (χ1v) is 7.93. The zero-order chi connectivity index (χ0) is 17.1. The largest absolute Gasteiger partial charge is 0.265 e. The van der Waals surface area contributed by atoms with Gasteiger partial charge in [0.2, 0.25) is 0 Å². The van der Waals surface area contributed by atoms with Gasteiger partial charge in [0.25, 0.3) is 0 Å². The zero-order valence-corrected chi connectivity index (χ0v) is 13.7. The number of aromatic nitrogens is 5. The molecule has 0 atom stereocenters. The Hall–Kier alpha value is -3.47. The standard InChI is InChI=1S/C20H15N5/c1-14-4-6-15(7-5-14)18-23-19(16-8-11-21-12-9-16)25-20(24-18)17-3-2-10-22-13-17/h2-13H,1H3. The second-order valence-corrected chi connectivity index (χ2v) is 5.65. The highest BCUT2D eigenvalue weighted by atomic mass is 15.0. The topological polar surface area (TPSA) is 64.5 Å². The first-order valence-electron chi connectivity index (χ1n) is 7.93. The van der Waals surface area contributed by atoms with E-state index in [1.54, 1.807) is 24.8 Å². The van der Waals surface area contributed by atoms with Crippen molar-refractivity contribution in [1.82, 2.24) is 24.9 Å². The maximum Gasteiger partial charge on any atom is 0.165 e. The minimum absolute atomic E-state index is 0.602. The fourth-order valence-electron chi connectivity index (χ4n) is 2.46. The van der Waals surface area contributed by atoms with Crippen molar-refractivity contribution in [2.45, 2.75) is 6.92 Å². The van der Waals surface area contributed by atoms with E-state index < -0.39 is 0 Å². The smallest absolute Gasteiger partial charge is 0.165 e. The molecule has 0 aliphatic heterocycles. The zero-order valence-electron chi connectivity index (χ0n) is 13.7. The third-order valence-electron chi connectivity index (χ3n) is 3.80. The van der Waals surface area contributed by atoms with E-state index in [4.69, 9.17) is 0 Å². The van der Waals surface area contributed by atoms with Crippen molar-refractivity contribution in [3.8, 4) is 34.2 Å². The minimum atomic E-state index is 0.602. The normalized spacial score (nSPS) is 10.6. The summed E-state index contributed by atoms with van der Waals surface area (Å²) in [6, 6.07) is 15.7. The summed E-state index contributed by atoms with van der Waals surface area (Å²) in [5.74, 6) is 1.86. The molecular weight excluding hydrogens is 310 g/mol. The summed E-state index contributed by atoms with van der Waals surface area (Å²) in [7, 11) is 0. The lowest BCUT2D eigenvalue weighted by molar-refractivity contribution is 1.07. The van der Waals surface area contributed by atoms with E-state index in [9.17, 15) is 0 Å². The van der Waals surface area contributed by atoms with Crippen LogP contribution in [0.25, 0.3) is 34.2 Å². The SMILES string of the molecule is Cc1ccc(-c2nc(-c3ccncc3)nc(-c3cccnc3)n2)cc1. The Morgan fingerprint density at radius 2 is 1.16 bits per heavy atom. The first-order chi connectivity index (χ1) is 12.3. The molecular formula is C20H15N5. The van der Waals surface area contributed by atoms with Crippen LogP contribution in [0.4, 0.5) is 0 Å². The van der Waals surface area contributed by atoms with Crippen LogP contribution in [-0.4, -0.2) is 24.9 Å². The highest BCUT2D eigenvalue weighted by Gasteiger charge is 2.11. The molecule has 0 amide bonds. The lowest BCUT2D eigenvalue weighted by Gasteiger charge is -2.08. The molecule has 3 aromatic heterocycles. The number of hydrogen-bond donors (Lipinski definition) is 0. The van der Waals surface area contributed by atoms with E-state index in [0.29, 0.717) is 17.5 Å². The van der Waals surface area contributed by atoms with E-state index in [1.807, 2.05) is 36.4 Å². The summed E-state index contributed by atoms with van der Waals surface area (Å²) in [5, 5.41) is 0. The molecule has 0 aliphatic carbocycles. The Kier molecular flexibility index (Phi) is 3.96. The average Bonchev–Trinajstić information content (AvgIpc) is 2.69. The van der Waals surface area contributed by atoms with Gasteiger partial charge in [-0.25, -0.2) is 15.0 Å². The molecule has 0 N–H and O–H groups in total. The Morgan fingerprint density at radius 1 is 0.560 bits per heavy atom. The van der Waals surface area contributed by atoms with Crippen LogP contribution in [0.1, 0.15) is 5.56 Å². The molecule has 1 aromatic carbocycles. The van der Waals surface area contributed by atoms with Gasteiger partial charge in [0, 0.05) is 41.5 Å². The van der Waals surface area contributed by atoms with Crippen molar-refractivity contribution in [3.63, 3.8) is 0 Å². The monoisotopic (exact) mass is 325 g/mol. The van der Waals surface area contributed by atoms with Gasteiger partial charge in [0.15, 0.2) is 17.5 Å². The number of rotatable bonds is 3. The van der Waals surface area contributed by atoms with Crippen molar-refractivity contribution < 1.29 is 0 Å². The fourth-order valence-corrected chi connectivity index (χ4v) is 2.46. The highest BCUT2D eigenvalue weighted by Crippen LogP contribution is 2.24. The van der Waals surface area contributed by atoms with Gasteiger partial charge in [-0.3, -0.25) is 9.97 Å². The third kappa shape index (κ3) is 3.26. The molecule has 120 valence electrons. The number of pyridine rings is 2. The summed E-state index contributed by atoms with van der Waals surface area (Å²) >= 11 is 0. The van der Waals surface area contributed by atoms with Crippen LogP contribution in [0.15, 0.2) is 73.3 Å². The Labute approximate surface area is 145 Å². The van der Waals surface area contributed by atoms with E-state index >= 15 is 0 Å². The molecule has 0 fully saturated rings. The van der Waals surface area contributed by atoms with E-state index in [0.717, 1.165) is 16.7 Å². The summed E-state index contributed by atoms with van der Waals surface area (Å²) in [6.07, 6.45) is 6.95. The van der Waals surface area contributed by atoms with Gasteiger partial charge in [-0.1, -0.05) is 29.8 Å². The van der Waals surface area contributed by atoms with Crippen LogP contribution in [-0.2, 0) is 0 Å². The summed E-state index contributed by atoms with van der Waals surface area (Å²) in [5.41, 5.74) is 3.90. The van der Waals surface area contributed by atoms with Gasteiger partial charge in [-0.15, -0.1) is 0 Å². The second-order valence-electron chi connectivity index (χ2n) is 5.65. The van der Waals surface area contributed by atoms with Gasteiger partial charge in [-0.05, 0) is 31.2 Å². The highest BCUT2D eigenvalue weighted by molar-refractivity contribution is 5.65. The van der Waals surface area contributed by atoms with E-state index in [2.05, 4.69) is 44.0 Å². The molecule has 4 aromatic rings. The predicted octanol–water partition coefficient (Wildman–Crippen LogP) is 3.97. The van der Waals surface area contributed by atoms with Crippen LogP contribution in [0.2, 0.25) is 0 Å². The molecule has 0 saturated carbocycles.